The average molecular weight is 296 g/mol. The van der Waals surface area contributed by atoms with Crippen LogP contribution in [0.3, 0.4) is 0 Å². The minimum atomic E-state index is -0.497. The van der Waals surface area contributed by atoms with Gasteiger partial charge in [-0.2, -0.15) is 0 Å². The standard InChI is InChI=1S/C17H26ClNO/c1-4-17(3,19-10-6-5-7-11-19)16(20)14-9-8-13(2)15(18)12-14/h8-9,12,16,20H,4-7,10-11H2,1-3H3. The Labute approximate surface area is 127 Å². The van der Waals surface area contributed by atoms with E-state index in [2.05, 4.69) is 18.7 Å². The lowest BCUT2D eigenvalue weighted by Crippen LogP contribution is -2.52. The van der Waals surface area contributed by atoms with Crippen LogP contribution in [0.4, 0.5) is 0 Å². The van der Waals surface area contributed by atoms with Crippen molar-refractivity contribution in [2.45, 2.75) is 58.1 Å². The topological polar surface area (TPSA) is 23.5 Å². The van der Waals surface area contributed by atoms with Crippen LogP contribution in [0.25, 0.3) is 0 Å². The summed E-state index contributed by atoms with van der Waals surface area (Å²) in [6, 6.07) is 5.91. The van der Waals surface area contributed by atoms with Crippen molar-refractivity contribution in [2.75, 3.05) is 13.1 Å². The lowest BCUT2D eigenvalue weighted by Gasteiger charge is -2.46. The van der Waals surface area contributed by atoms with Crippen LogP contribution >= 0.6 is 11.6 Å². The Balaban J connectivity index is 2.26. The summed E-state index contributed by atoms with van der Waals surface area (Å²) in [6.45, 7) is 8.49. The number of piperidine rings is 1. The Morgan fingerprint density at radius 2 is 1.95 bits per heavy atom. The number of hydrogen-bond donors (Lipinski definition) is 1. The normalized spacial score (nSPS) is 21.4. The van der Waals surface area contributed by atoms with Gasteiger partial charge >= 0.3 is 0 Å². The molecule has 2 nitrogen and oxygen atoms in total. The SMILES string of the molecule is CCC(C)(C(O)c1ccc(C)c(Cl)c1)N1CCCCC1. The van der Waals surface area contributed by atoms with Crippen molar-refractivity contribution in [3.63, 3.8) is 0 Å². The molecule has 2 atom stereocenters. The minimum absolute atomic E-state index is 0.209. The van der Waals surface area contributed by atoms with E-state index in [0.717, 1.165) is 35.7 Å². The first-order valence-corrected chi connectivity index (χ1v) is 8.06. The Morgan fingerprint density at radius 3 is 2.50 bits per heavy atom. The summed E-state index contributed by atoms with van der Waals surface area (Å²) in [4.78, 5) is 2.45. The van der Waals surface area contributed by atoms with E-state index in [9.17, 15) is 5.11 Å². The molecule has 1 aliphatic rings. The highest BCUT2D eigenvalue weighted by Crippen LogP contribution is 2.37. The van der Waals surface area contributed by atoms with Crippen LogP contribution in [0.1, 0.15) is 56.8 Å². The summed E-state index contributed by atoms with van der Waals surface area (Å²) in [5.74, 6) is 0. The molecule has 0 bridgehead atoms. The first kappa shape index (κ1) is 15.8. The second-order valence-electron chi connectivity index (χ2n) is 6.17. The van der Waals surface area contributed by atoms with Crippen LogP contribution in [0.2, 0.25) is 5.02 Å². The van der Waals surface area contributed by atoms with Crippen LogP contribution in [-0.2, 0) is 0 Å². The number of rotatable bonds is 4. The third kappa shape index (κ3) is 3.03. The average Bonchev–Trinajstić information content (AvgIpc) is 2.49. The molecule has 2 unspecified atom stereocenters. The van der Waals surface area contributed by atoms with Crippen molar-refractivity contribution in [1.82, 2.24) is 4.90 Å². The maximum atomic E-state index is 10.9. The molecule has 0 aliphatic carbocycles. The summed E-state index contributed by atoms with van der Waals surface area (Å²) in [5, 5.41) is 11.6. The predicted octanol–water partition coefficient (Wildman–Crippen LogP) is 4.34. The smallest absolute Gasteiger partial charge is 0.0971 e. The number of nitrogens with zero attached hydrogens (tertiary/aromatic N) is 1. The highest BCUT2D eigenvalue weighted by atomic mass is 35.5. The van der Waals surface area contributed by atoms with Crippen LogP contribution in [0.15, 0.2) is 18.2 Å². The molecule has 3 heteroatoms. The van der Waals surface area contributed by atoms with Crippen molar-refractivity contribution < 1.29 is 5.11 Å². The summed E-state index contributed by atoms with van der Waals surface area (Å²) in [5.41, 5.74) is 1.77. The zero-order valence-corrected chi connectivity index (χ0v) is 13.6. The van der Waals surface area contributed by atoms with Gasteiger partial charge in [-0.15, -0.1) is 0 Å². The summed E-state index contributed by atoms with van der Waals surface area (Å²) < 4.78 is 0. The molecule has 0 spiro atoms. The Bertz CT molecular complexity index is 456. The molecule has 20 heavy (non-hydrogen) atoms. The molecule has 1 saturated heterocycles. The van der Waals surface area contributed by atoms with Crippen molar-refractivity contribution in [3.05, 3.63) is 34.3 Å². The maximum absolute atomic E-state index is 10.9. The second-order valence-corrected chi connectivity index (χ2v) is 6.58. The molecule has 2 rings (SSSR count). The van der Waals surface area contributed by atoms with Crippen molar-refractivity contribution in [1.29, 1.82) is 0 Å². The molecule has 0 saturated carbocycles. The van der Waals surface area contributed by atoms with Gasteiger partial charge in [0.2, 0.25) is 0 Å². The van der Waals surface area contributed by atoms with Gasteiger partial charge in [0.25, 0.3) is 0 Å². The van der Waals surface area contributed by atoms with E-state index in [4.69, 9.17) is 11.6 Å². The van der Waals surface area contributed by atoms with E-state index in [1.54, 1.807) is 0 Å². The lowest BCUT2D eigenvalue weighted by molar-refractivity contribution is -0.0352. The van der Waals surface area contributed by atoms with E-state index in [1.165, 1.54) is 19.3 Å². The van der Waals surface area contributed by atoms with Gasteiger partial charge in [0.1, 0.15) is 0 Å². The highest BCUT2D eigenvalue weighted by Gasteiger charge is 2.38. The molecule has 112 valence electrons. The van der Waals surface area contributed by atoms with Gasteiger partial charge in [-0.05, 0) is 63.4 Å². The molecule has 0 radical (unpaired) electrons. The summed E-state index contributed by atoms with van der Waals surface area (Å²) >= 11 is 6.21. The van der Waals surface area contributed by atoms with Crippen LogP contribution in [0.5, 0.6) is 0 Å². The first-order chi connectivity index (χ1) is 9.49. The number of aliphatic hydroxyl groups is 1. The predicted molar refractivity (Wildman–Crippen MR) is 85.3 cm³/mol. The third-order valence-electron chi connectivity index (χ3n) is 4.89. The largest absolute Gasteiger partial charge is 0.386 e. The Morgan fingerprint density at radius 1 is 1.30 bits per heavy atom. The maximum Gasteiger partial charge on any atom is 0.0971 e. The van der Waals surface area contributed by atoms with Gasteiger partial charge in [-0.25, -0.2) is 0 Å². The Kier molecular flexibility index (Phi) is 5.11. The molecular weight excluding hydrogens is 270 g/mol. The molecule has 1 heterocycles. The van der Waals surface area contributed by atoms with Crippen LogP contribution in [0, 0.1) is 6.92 Å². The molecule has 1 aromatic rings. The quantitative estimate of drug-likeness (QED) is 0.893. The lowest BCUT2D eigenvalue weighted by atomic mass is 9.83. The van der Waals surface area contributed by atoms with Gasteiger partial charge in [0.15, 0.2) is 0 Å². The monoisotopic (exact) mass is 295 g/mol. The van der Waals surface area contributed by atoms with E-state index >= 15 is 0 Å². The van der Waals surface area contributed by atoms with Crippen LogP contribution < -0.4 is 0 Å². The molecule has 0 aromatic heterocycles. The number of likely N-dealkylation sites (tertiary alicyclic amines) is 1. The number of hydrogen-bond acceptors (Lipinski definition) is 2. The summed E-state index contributed by atoms with van der Waals surface area (Å²) in [6.07, 6.45) is 4.21. The second kappa shape index (κ2) is 6.46. The van der Waals surface area contributed by atoms with E-state index < -0.39 is 6.10 Å². The van der Waals surface area contributed by atoms with Gasteiger partial charge < -0.3 is 5.11 Å². The van der Waals surface area contributed by atoms with Crippen molar-refractivity contribution in [2.24, 2.45) is 0 Å². The molecule has 1 N–H and O–H groups in total. The molecule has 1 aliphatic heterocycles. The number of aliphatic hydroxyl groups excluding tert-OH is 1. The molecule has 0 amide bonds. The Hall–Kier alpha value is -0.570. The molecular formula is C17H26ClNO. The fourth-order valence-corrected chi connectivity index (χ4v) is 3.32. The molecule has 1 aromatic carbocycles. The number of benzene rings is 1. The fourth-order valence-electron chi connectivity index (χ4n) is 3.13. The number of aryl methyl sites for hydroxylation is 1. The molecule has 1 fully saturated rings. The minimum Gasteiger partial charge on any atom is -0.386 e. The van der Waals surface area contributed by atoms with Gasteiger partial charge in [-0.3, -0.25) is 4.90 Å². The summed E-state index contributed by atoms with van der Waals surface area (Å²) in [7, 11) is 0. The third-order valence-corrected chi connectivity index (χ3v) is 5.30. The van der Waals surface area contributed by atoms with Gasteiger partial charge in [-0.1, -0.05) is 37.1 Å². The van der Waals surface area contributed by atoms with Crippen LogP contribution in [-0.4, -0.2) is 28.6 Å². The zero-order chi connectivity index (χ0) is 14.8. The van der Waals surface area contributed by atoms with E-state index in [-0.39, 0.29) is 5.54 Å². The first-order valence-electron chi connectivity index (χ1n) is 7.68. The van der Waals surface area contributed by atoms with Gasteiger partial charge in [0.05, 0.1) is 6.10 Å². The zero-order valence-electron chi connectivity index (χ0n) is 12.8. The fraction of sp³-hybridized carbons (Fsp3) is 0.647. The van der Waals surface area contributed by atoms with Crippen molar-refractivity contribution >= 4 is 11.6 Å². The van der Waals surface area contributed by atoms with Gasteiger partial charge in [0, 0.05) is 10.6 Å². The van der Waals surface area contributed by atoms with E-state index in [0.29, 0.717) is 0 Å². The van der Waals surface area contributed by atoms with E-state index in [1.807, 2.05) is 25.1 Å². The van der Waals surface area contributed by atoms with Crippen molar-refractivity contribution in [3.8, 4) is 0 Å². The highest BCUT2D eigenvalue weighted by molar-refractivity contribution is 6.31. The number of halogens is 1.